The Hall–Kier alpha value is -1.86. The molecule has 26 heavy (non-hydrogen) atoms. The highest BCUT2D eigenvalue weighted by Crippen LogP contribution is 2.31. The highest BCUT2D eigenvalue weighted by molar-refractivity contribution is 6.30. The van der Waals surface area contributed by atoms with E-state index in [0.29, 0.717) is 30.1 Å². The lowest BCUT2D eigenvalue weighted by Gasteiger charge is -2.41. The SMILES string of the molecule is CC(=O)N1CC(O)CC(N(C(=O)NCc2ccc(Cl)cc2F)C2CC2)C1. The van der Waals surface area contributed by atoms with Crippen molar-refractivity contribution in [3.8, 4) is 0 Å². The van der Waals surface area contributed by atoms with Gasteiger partial charge in [0.2, 0.25) is 5.91 Å². The van der Waals surface area contributed by atoms with Crippen LogP contribution >= 0.6 is 11.6 Å². The van der Waals surface area contributed by atoms with E-state index >= 15 is 0 Å². The second-order valence-corrected chi connectivity index (χ2v) is 7.44. The molecular formula is C18H23ClFN3O3. The number of piperidine rings is 1. The molecule has 2 N–H and O–H groups in total. The lowest BCUT2D eigenvalue weighted by molar-refractivity contribution is -0.133. The zero-order valence-corrected chi connectivity index (χ0v) is 15.4. The van der Waals surface area contributed by atoms with Crippen LogP contribution in [0.25, 0.3) is 0 Å². The smallest absolute Gasteiger partial charge is 0.318 e. The maximum atomic E-state index is 13.9. The minimum absolute atomic E-state index is 0.0523. The van der Waals surface area contributed by atoms with Crippen molar-refractivity contribution in [1.82, 2.24) is 15.1 Å². The summed E-state index contributed by atoms with van der Waals surface area (Å²) in [5, 5.41) is 13.1. The van der Waals surface area contributed by atoms with Crippen molar-refractivity contribution in [3.05, 3.63) is 34.6 Å². The molecule has 1 saturated heterocycles. The quantitative estimate of drug-likeness (QED) is 0.836. The van der Waals surface area contributed by atoms with Crippen LogP contribution in [0.4, 0.5) is 9.18 Å². The molecule has 1 aliphatic heterocycles. The van der Waals surface area contributed by atoms with Crippen molar-refractivity contribution in [2.24, 2.45) is 0 Å². The molecule has 3 amide bonds. The van der Waals surface area contributed by atoms with Crippen LogP contribution in [-0.2, 0) is 11.3 Å². The molecular weight excluding hydrogens is 361 g/mol. The maximum Gasteiger partial charge on any atom is 0.318 e. The molecule has 142 valence electrons. The summed E-state index contributed by atoms with van der Waals surface area (Å²) < 4.78 is 13.9. The summed E-state index contributed by atoms with van der Waals surface area (Å²) in [6.45, 7) is 2.21. The fraction of sp³-hybridized carbons (Fsp3) is 0.556. The van der Waals surface area contributed by atoms with Gasteiger partial charge in [0.1, 0.15) is 5.82 Å². The van der Waals surface area contributed by atoms with Crippen molar-refractivity contribution in [2.45, 2.75) is 50.9 Å². The fourth-order valence-corrected chi connectivity index (χ4v) is 3.57. The number of aliphatic hydroxyl groups excluding tert-OH is 1. The number of amides is 3. The number of carbonyl (C=O) groups excluding carboxylic acids is 2. The summed E-state index contributed by atoms with van der Waals surface area (Å²) in [7, 11) is 0. The Labute approximate surface area is 156 Å². The first-order valence-electron chi connectivity index (χ1n) is 8.79. The number of hydrogen-bond donors (Lipinski definition) is 2. The summed E-state index contributed by atoms with van der Waals surface area (Å²) in [6, 6.07) is 3.89. The first-order valence-corrected chi connectivity index (χ1v) is 9.16. The molecule has 1 aromatic rings. The Kier molecular flexibility index (Phi) is 5.67. The van der Waals surface area contributed by atoms with Crippen LogP contribution in [0.5, 0.6) is 0 Å². The number of nitrogens with zero attached hydrogens (tertiary/aromatic N) is 2. The molecule has 2 fully saturated rings. The highest BCUT2D eigenvalue weighted by Gasteiger charge is 2.41. The van der Waals surface area contributed by atoms with Gasteiger partial charge in [-0.3, -0.25) is 4.79 Å². The first-order chi connectivity index (χ1) is 12.3. The molecule has 0 aromatic heterocycles. The molecule has 6 nitrogen and oxygen atoms in total. The van der Waals surface area contributed by atoms with Crippen LogP contribution in [0.3, 0.4) is 0 Å². The number of β-amino-alcohol motifs (C(OH)–C–C–N with tert-alkyl or cyclic N) is 1. The molecule has 2 aliphatic rings. The minimum Gasteiger partial charge on any atom is -0.391 e. The standard InChI is InChI=1S/C18H23ClFN3O3/c1-11(24)22-9-15(7-16(25)10-22)23(14-4-5-14)18(26)21-8-12-2-3-13(19)6-17(12)20/h2-3,6,14-16,25H,4-5,7-10H2,1H3,(H,21,26). The average molecular weight is 384 g/mol. The second kappa shape index (κ2) is 7.80. The number of aliphatic hydroxyl groups is 1. The number of urea groups is 1. The summed E-state index contributed by atoms with van der Waals surface area (Å²) in [4.78, 5) is 27.7. The van der Waals surface area contributed by atoms with E-state index in [9.17, 15) is 19.1 Å². The molecule has 0 bridgehead atoms. The third kappa shape index (κ3) is 4.45. The van der Waals surface area contributed by atoms with Gasteiger partial charge < -0.3 is 20.2 Å². The van der Waals surface area contributed by atoms with Crippen molar-refractivity contribution in [2.75, 3.05) is 13.1 Å². The number of carbonyl (C=O) groups is 2. The Morgan fingerprint density at radius 2 is 2.08 bits per heavy atom. The average Bonchev–Trinajstić information content (AvgIpc) is 3.38. The zero-order chi connectivity index (χ0) is 18.8. The van der Waals surface area contributed by atoms with Gasteiger partial charge in [0.15, 0.2) is 0 Å². The molecule has 1 aromatic carbocycles. The van der Waals surface area contributed by atoms with Gasteiger partial charge in [0.05, 0.1) is 12.1 Å². The van der Waals surface area contributed by atoms with Gasteiger partial charge in [0.25, 0.3) is 0 Å². The molecule has 2 unspecified atom stereocenters. The third-order valence-corrected chi connectivity index (χ3v) is 5.10. The van der Waals surface area contributed by atoms with Crippen LogP contribution in [0.2, 0.25) is 5.02 Å². The topological polar surface area (TPSA) is 72.9 Å². The molecule has 0 radical (unpaired) electrons. The van der Waals surface area contributed by atoms with Gasteiger partial charge in [-0.15, -0.1) is 0 Å². The first kappa shape index (κ1) is 18.9. The van der Waals surface area contributed by atoms with E-state index in [1.165, 1.54) is 13.0 Å². The second-order valence-electron chi connectivity index (χ2n) is 7.00. The summed E-state index contributed by atoms with van der Waals surface area (Å²) in [6.07, 6.45) is 1.58. The van der Waals surface area contributed by atoms with E-state index in [-0.39, 0.29) is 30.6 Å². The Morgan fingerprint density at radius 1 is 1.35 bits per heavy atom. The van der Waals surface area contributed by atoms with E-state index in [4.69, 9.17) is 11.6 Å². The van der Waals surface area contributed by atoms with Crippen molar-refractivity contribution >= 4 is 23.5 Å². The van der Waals surface area contributed by atoms with Crippen LogP contribution < -0.4 is 5.32 Å². The predicted molar refractivity (Wildman–Crippen MR) is 95.2 cm³/mol. The lowest BCUT2D eigenvalue weighted by Crippen LogP contribution is -2.57. The summed E-state index contributed by atoms with van der Waals surface area (Å²) in [5.74, 6) is -0.584. The van der Waals surface area contributed by atoms with Crippen LogP contribution in [-0.4, -0.2) is 58.1 Å². The van der Waals surface area contributed by atoms with Gasteiger partial charge in [0, 0.05) is 43.2 Å². The number of halogens is 2. The van der Waals surface area contributed by atoms with Crippen molar-refractivity contribution in [3.63, 3.8) is 0 Å². The number of rotatable bonds is 4. The third-order valence-electron chi connectivity index (χ3n) is 4.87. The van der Waals surface area contributed by atoms with E-state index in [0.717, 1.165) is 12.8 Å². The van der Waals surface area contributed by atoms with Gasteiger partial charge in [-0.25, -0.2) is 9.18 Å². The van der Waals surface area contributed by atoms with Gasteiger partial charge >= 0.3 is 6.03 Å². The Morgan fingerprint density at radius 3 is 2.69 bits per heavy atom. The summed E-state index contributed by atoms with van der Waals surface area (Å²) in [5.41, 5.74) is 0.354. The van der Waals surface area contributed by atoms with Crippen molar-refractivity contribution < 1.29 is 19.1 Å². The highest BCUT2D eigenvalue weighted by atomic mass is 35.5. The van der Waals surface area contributed by atoms with E-state index < -0.39 is 11.9 Å². The van der Waals surface area contributed by atoms with Crippen LogP contribution in [0.1, 0.15) is 31.7 Å². The number of likely N-dealkylation sites (tertiary alicyclic amines) is 1. The van der Waals surface area contributed by atoms with E-state index in [1.807, 2.05) is 0 Å². The molecule has 3 rings (SSSR count). The fourth-order valence-electron chi connectivity index (χ4n) is 3.41. The monoisotopic (exact) mass is 383 g/mol. The van der Waals surface area contributed by atoms with Gasteiger partial charge in [-0.1, -0.05) is 17.7 Å². The zero-order valence-electron chi connectivity index (χ0n) is 14.6. The molecule has 1 aliphatic carbocycles. The summed E-state index contributed by atoms with van der Waals surface area (Å²) >= 11 is 5.74. The molecule has 2 atom stereocenters. The van der Waals surface area contributed by atoms with E-state index in [1.54, 1.807) is 21.9 Å². The van der Waals surface area contributed by atoms with Crippen molar-refractivity contribution in [1.29, 1.82) is 0 Å². The van der Waals surface area contributed by atoms with Gasteiger partial charge in [-0.05, 0) is 31.4 Å². The Balaban J connectivity index is 1.67. The molecule has 1 heterocycles. The number of hydrogen-bond acceptors (Lipinski definition) is 3. The number of nitrogens with one attached hydrogen (secondary N) is 1. The normalized spacial score (nSPS) is 22.8. The Bertz CT molecular complexity index is 698. The lowest BCUT2D eigenvalue weighted by atomic mass is 10.0. The molecule has 0 spiro atoms. The largest absolute Gasteiger partial charge is 0.391 e. The molecule has 8 heteroatoms. The van der Waals surface area contributed by atoms with Crippen LogP contribution in [0.15, 0.2) is 18.2 Å². The van der Waals surface area contributed by atoms with Gasteiger partial charge in [-0.2, -0.15) is 0 Å². The minimum atomic E-state index is -0.652. The van der Waals surface area contributed by atoms with Crippen LogP contribution in [0, 0.1) is 5.82 Å². The maximum absolute atomic E-state index is 13.9. The molecule has 1 saturated carbocycles. The number of benzene rings is 1. The predicted octanol–water partition coefficient (Wildman–Crippen LogP) is 2.13. The van der Waals surface area contributed by atoms with E-state index in [2.05, 4.69) is 5.32 Å².